The van der Waals surface area contributed by atoms with E-state index < -0.39 is 0 Å². The molecule has 0 spiro atoms. The molecule has 2 fully saturated rings. The maximum atomic E-state index is 12.6. The second-order valence-corrected chi connectivity index (χ2v) is 7.71. The lowest BCUT2D eigenvalue weighted by Gasteiger charge is -2.25. The molecule has 3 rings (SSSR count). The Morgan fingerprint density at radius 2 is 1.74 bits per heavy atom. The van der Waals surface area contributed by atoms with Gasteiger partial charge in [-0.2, -0.15) is 0 Å². The molecule has 23 heavy (non-hydrogen) atoms. The van der Waals surface area contributed by atoms with E-state index in [1.807, 2.05) is 12.1 Å². The third-order valence-corrected chi connectivity index (χ3v) is 5.86. The number of hydrogen-bond donors (Lipinski definition) is 0. The molecule has 0 bridgehead atoms. The highest BCUT2D eigenvalue weighted by atomic mass is 35.5. The van der Waals surface area contributed by atoms with Gasteiger partial charge in [0.2, 0.25) is 5.91 Å². The van der Waals surface area contributed by atoms with Crippen LogP contribution in [-0.2, 0) is 4.79 Å². The Morgan fingerprint density at radius 1 is 1.04 bits per heavy atom. The molecule has 1 heterocycles. The fourth-order valence-electron chi connectivity index (χ4n) is 4.16. The lowest BCUT2D eigenvalue weighted by atomic mass is 9.94. The van der Waals surface area contributed by atoms with E-state index in [1.165, 1.54) is 44.1 Å². The van der Waals surface area contributed by atoms with Crippen LogP contribution >= 0.6 is 11.6 Å². The van der Waals surface area contributed by atoms with E-state index in [9.17, 15) is 4.79 Å². The van der Waals surface area contributed by atoms with Gasteiger partial charge in [0.1, 0.15) is 0 Å². The summed E-state index contributed by atoms with van der Waals surface area (Å²) in [4.78, 5) is 14.8. The van der Waals surface area contributed by atoms with Crippen molar-refractivity contribution in [1.82, 2.24) is 4.90 Å². The van der Waals surface area contributed by atoms with Crippen molar-refractivity contribution in [3.63, 3.8) is 0 Å². The zero-order valence-corrected chi connectivity index (χ0v) is 14.7. The molecular weight excluding hydrogens is 306 g/mol. The number of benzene rings is 1. The van der Waals surface area contributed by atoms with Gasteiger partial charge in [-0.25, -0.2) is 0 Å². The number of rotatable bonds is 4. The number of carbonyl (C=O) groups excluding carboxylic acids is 1. The molecule has 126 valence electrons. The van der Waals surface area contributed by atoms with Crippen molar-refractivity contribution in [3.8, 4) is 0 Å². The average Bonchev–Trinajstić information content (AvgIpc) is 2.96. The summed E-state index contributed by atoms with van der Waals surface area (Å²) in [5.41, 5.74) is 1.32. The number of nitrogens with zero attached hydrogens (tertiary/aromatic N) is 1. The van der Waals surface area contributed by atoms with E-state index in [0.717, 1.165) is 43.3 Å². The molecule has 1 saturated heterocycles. The number of halogens is 1. The van der Waals surface area contributed by atoms with E-state index >= 15 is 0 Å². The minimum atomic E-state index is 0.373. The van der Waals surface area contributed by atoms with Crippen LogP contribution < -0.4 is 0 Å². The molecule has 0 aromatic heterocycles. The summed E-state index contributed by atoms with van der Waals surface area (Å²) in [6.07, 6.45) is 10.8. The lowest BCUT2D eigenvalue weighted by Crippen LogP contribution is -2.34. The topological polar surface area (TPSA) is 20.3 Å². The molecule has 2 nitrogen and oxygen atoms in total. The van der Waals surface area contributed by atoms with E-state index in [0.29, 0.717) is 11.8 Å². The van der Waals surface area contributed by atoms with Crippen LogP contribution in [0.1, 0.15) is 69.3 Å². The Labute approximate surface area is 145 Å². The molecule has 1 amide bonds. The molecule has 1 aliphatic heterocycles. The Balaban J connectivity index is 1.57. The lowest BCUT2D eigenvalue weighted by molar-refractivity contribution is -0.131. The summed E-state index contributed by atoms with van der Waals surface area (Å²) < 4.78 is 0. The van der Waals surface area contributed by atoms with Crippen molar-refractivity contribution in [2.24, 2.45) is 5.92 Å². The zero-order valence-electron chi connectivity index (χ0n) is 14.0. The Kier molecular flexibility index (Phi) is 5.99. The van der Waals surface area contributed by atoms with Gasteiger partial charge in [0.15, 0.2) is 0 Å². The van der Waals surface area contributed by atoms with Crippen molar-refractivity contribution < 1.29 is 4.79 Å². The summed E-state index contributed by atoms with van der Waals surface area (Å²) in [5, 5.41) is 0.784. The van der Waals surface area contributed by atoms with Crippen LogP contribution in [0.2, 0.25) is 5.02 Å². The molecule has 1 aromatic rings. The van der Waals surface area contributed by atoms with Crippen molar-refractivity contribution in [2.75, 3.05) is 13.1 Å². The summed E-state index contributed by atoms with van der Waals surface area (Å²) in [6, 6.07) is 8.18. The average molecular weight is 334 g/mol. The SMILES string of the molecule is O=C(CCC1CCCC1)N1CCCCC(c2ccc(Cl)cc2)C1. The third-order valence-electron chi connectivity index (χ3n) is 5.61. The second-order valence-electron chi connectivity index (χ2n) is 7.27. The Bertz CT molecular complexity index is 507. The minimum absolute atomic E-state index is 0.373. The van der Waals surface area contributed by atoms with Gasteiger partial charge in [0, 0.05) is 30.5 Å². The first-order valence-electron chi connectivity index (χ1n) is 9.25. The van der Waals surface area contributed by atoms with Gasteiger partial charge in [-0.05, 0) is 42.9 Å². The molecule has 1 aliphatic carbocycles. The molecular formula is C20H28ClNO. The highest BCUT2D eigenvalue weighted by Crippen LogP contribution is 2.30. The van der Waals surface area contributed by atoms with Crippen LogP contribution in [0.3, 0.4) is 0 Å². The van der Waals surface area contributed by atoms with Crippen molar-refractivity contribution >= 4 is 17.5 Å². The van der Waals surface area contributed by atoms with Crippen molar-refractivity contribution in [1.29, 1.82) is 0 Å². The first kappa shape index (κ1) is 16.8. The standard InChI is InChI=1S/C20H28ClNO/c21-19-11-9-17(10-12-19)18-7-3-4-14-22(15-18)20(23)13-8-16-5-1-2-6-16/h9-12,16,18H,1-8,13-15H2. The maximum absolute atomic E-state index is 12.6. The predicted molar refractivity (Wildman–Crippen MR) is 95.8 cm³/mol. The van der Waals surface area contributed by atoms with Crippen LogP contribution in [0, 0.1) is 5.92 Å². The van der Waals surface area contributed by atoms with Crippen LogP contribution in [-0.4, -0.2) is 23.9 Å². The summed E-state index contributed by atoms with van der Waals surface area (Å²) in [7, 11) is 0. The molecule has 1 unspecified atom stereocenters. The van der Waals surface area contributed by atoms with Crippen molar-refractivity contribution in [3.05, 3.63) is 34.9 Å². The molecule has 0 N–H and O–H groups in total. The Morgan fingerprint density at radius 3 is 2.48 bits per heavy atom. The van der Waals surface area contributed by atoms with Gasteiger partial charge in [-0.15, -0.1) is 0 Å². The number of amides is 1. The molecule has 1 atom stereocenters. The molecule has 3 heteroatoms. The second kappa shape index (κ2) is 8.19. The predicted octanol–water partition coefficient (Wildman–Crippen LogP) is 5.41. The van der Waals surface area contributed by atoms with Gasteiger partial charge in [-0.1, -0.05) is 55.8 Å². The highest BCUT2D eigenvalue weighted by Gasteiger charge is 2.24. The Hall–Kier alpha value is -1.02. The van der Waals surface area contributed by atoms with Crippen LogP contribution in [0.15, 0.2) is 24.3 Å². The van der Waals surface area contributed by atoms with Gasteiger partial charge >= 0.3 is 0 Å². The molecule has 1 aromatic carbocycles. The van der Waals surface area contributed by atoms with Gasteiger partial charge in [0.25, 0.3) is 0 Å². The van der Waals surface area contributed by atoms with E-state index in [1.54, 1.807) is 0 Å². The summed E-state index contributed by atoms with van der Waals surface area (Å²) >= 11 is 6.00. The van der Waals surface area contributed by atoms with E-state index in [4.69, 9.17) is 11.6 Å². The summed E-state index contributed by atoms with van der Waals surface area (Å²) in [6.45, 7) is 1.82. The monoisotopic (exact) mass is 333 g/mol. The summed E-state index contributed by atoms with van der Waals surface area (Å²) in [5.74, 6) is 1.64. The van der Waals surface area contributed by atoms with Gasteiger partial charge in [-0.3, -0.25) is 4.79 Å². The molecule has 1 saturated carbocycles. The largest absolute Gasteiger partial charge is 0.342 e. The quantitative estimate of drug-likeness (QED) is 0.721. The van der Waals surface area contributed by atoms with Crippen LogP contribution in [0.4, 0.5) is 0 Å². The van der Waals surface area contributed by atoms with Crippen LogP contribution in [0.25, 0.3) is 0 Å². The van der Waals surface area contributed by atoms with E-state index in [2.05, 4.69) is 17.0 Å². The number of carbonyl (C=O) groups is 1. The van der Waals surface area contributed by atoms with E-state index in [-0.39, 0.29) is 0 Å². The normalized spacial score (nSPS) is 23.0. The minimum Gasteiger partial charge on any atom is -0.342 e. The first-order chi connectivity index (χ1) is 11.2. The third kappa shape index (κ3) is 4.73. The van der Waals surface area contributed by atoms with Gasteiger partial charge < -0.3 is 4.90 Å². The fourth-order valence-corrected chi connectivity index (χ4v) is 4.29. The number of hydrogen-bond acceptors (Lipinski definition) is 1. The van der Waals surface area contributed by atoms with Crippen LogP contribution in [0.5, 0.6) is 0 Å². The number of likely N-dealkylation sites (tertiary alicyclic amines) is 1. The first-order valence-corrected chi connectivity index (χ1v) is 9.63. The fraction of sp³-hybridized carbons (Fsp3) is 0.650. The van der Waals surface area contributed by atoms with Gasteiger partial charge in [0.05, 0.1) is 0 Å². The molecule has 0 radical (unpaired) electrons. The zero-order chi connectivity index (χ0) is 16.1. The van der Waals surface area contributed by atoms with Crippen molar-refractivity contribution in [2.45, 2.75) is 63.7 Å². The molecule has 2 aliphatic rings. The smallest absolute Gasteiger partial charge is 0.222 e. The maximum Gasteiger partial charge on any atom is 0.222 e. The highest BCUT2D eigenvalue weighted by molar-refractivity contribution is 6.30.